The molecule has 0 amide bonds. The minimum absolute atomic E-state index is 0.291. The number of carboxylic acid groups (broad SMARTS) is 1. The maximum Gasteiger partial charge on any atom is 0.338 e. The summed E-state index contributed by atoms with van der Waals surface area (Å²) in [6.45, 7) is 0. The van der Waals surface area contributed by atoms with Crippen LogP contribution in [-0.4, -0.2) is 15.5 Å². The highest BCUT2D eigenvalue weighted by Crippen LogP contribution is 2.38. The molecule has 0 aliphatic carbocycles. The van der Waals surface area contributed by atoms with E-state index >= 15 is 0 Å². The van der Waals surface area contributed by atoms with Gasteiger partial charge in [-0.15, -0.1) is 11.8 Å². The summed E-state index contributed by atoms with van der Waals surface area (Å²) in [6.07, 6.45) is 3.71. The molecule has 2 heterocycles. The number of carbonyl (C=O) groups is 1. The Kier molecular flexibility index (Phi) is 4.92. The molecule has 0 aliphatic rings. The van der Waals surface area contributed by atoms with Crippen LogP contribution < -0.4 is 0 Å². The number of hydrogen-bond acceptors (Lipinski definition) is 2. The Labute approximate surface area is 166 Å². The number of benzene rings is 2. The topological polar surface area (TPSA) is 41.7 Å². The van der Waals surface area contributed by atoms with Crippen LogP contribution in [0.5, 0.6) is 0 Å². The van der Waals surface area contributed by atoms with Crippen molar-refractivity contribution in [2.24, 2.45) is 0 Å². The Bertz CT molecular complexity index is 1120. The van der Waals surface area contributed by atoms with Crippen molar-refractivity contribution in [1.29, 1.82) is 0 Å². The van der Waals surface area contributed by atoms with Crippen LogP contribution in [0.2, 0.25) is 5.02 Å². The molecule has 5 heteroatoms. The number of fused-ring (bicyclic) bond motifs is 1. The number of rotatable bonds is 5. The Morgan fingerprint density at radius 3 is 2.56 bits per heavy atom. The van der Waals surface area contributed by atoms with Crippen LogP contribution in [0.1, 0.15) is 15.9 Å². The number of halogens is 1. The Hall–Kier alpha value is -2.69. The smallest absolute Gasteiger partial charge is 0.338 e. The van der Waals surface area contributed by atoms with Gasteiger partial charge in [0.15, 0.2) is 0 Å². The molecule has 0 atom stereocenters. The maximum absolute atomic E-state index is 12.0. The van der Waals surface area contributed by atoms with Crippen molar-refractivity contribution in [3.63, 3.8) is 0 Å². The van der Waals surface area contributed by atoms with E-state index in [4.69, 9.17) is 11.6 Å². The highest BCUT2D eigenvalue weighted by Gasteiger charge is 2.20. The van der Waals surface area contributed by atoms with Crippen molar-refractivity contribution in [3.05, 3.63) is 95.3 Å². The molecular formula is C22H16ClNO2S. The number of thioether (sulfide) groups is 1. The van der Waals surface area contributed by atoms with Crippen molar-refractivity contribution >= 4 is 34.8 Å². The average molecular weight is 394 g/mol. The molecule has 4 rings (SSSR count). The van der Waals surface area contributed by atoms with Gasteiger partial charge in [0.1, 0.15) is 0 Å². The van der Waals surface area contributed by atoms with E-state index in [1.54, 1.807) is 11.8 Å². The molecule has 1 N–H and O–H groups in total. The maximum atomic E-state index is 12.0. The molecule has 0 unspecified atom stereocenters. The van der Waals surface area contributed by atoms with Crippen LogP contribution >= 0.6 is 23.4 Å². The van der Waals surface area contributed by atoms with Crippen LogP contribution in [0.15, 0.2) is 84.0 Å². The van der Waals surface area contributed by atoms with Crippen LogP contribution in [0, 0.1) is 0 Å². The molecule has 2 aromatic heterocycles. The van der Waals surface area contributed by atoms with Gasteiger partial charge in [-0.3, -0.25) is 0 Å². The number of hydrogen-bond donors (Lipinski definition) is 1. The number of carboxylic acids is 1. The van der Waals surface area contributed by atoms with Crippen LogP contribution in [0.25, 0.3) is 16.6 Å². The summed E-state index contributed by atoms with van der Waals surface area (Å²) < 4.78 is 1.84. The average Bonchev–Trinajstić information content (AvgIpc) is 3.07. The largest absolute Gasteiger partial charge is 0.478 e. The van der Waals surface area contributed by atoms with Gasteiger partial charge in [0, 0.05) is 33.6 Å². The second-order valence-corrected chi connectivity index (χ2v) is 7.58. The number of aromatic nitrogens is 1. The third kappa shape index (κ3) is 3.59. The van der Waals surface area contributed by atoms with E-state index in [-0.39, 0.29) is 0 Å². The Morgan fingerprint density at radius 1 is 1.00 bits per heavy atom. The first-order chi connectivity index (χ1) is 13.1. The highest BCUT2D eigenvalue weighted by molar-refractivity contribution is 7.98. The quantitative estimate of drug-likeness (QED) is 0.407. The van der Waals surface area contributed by atoms with Gasteiger partial charge in [0.2, 0.25) is 0 Å². The molecule has 2 aromatic carbocycles. The lowest BCUT2D eigenvalue weighted by Gasteiger charge is -2.10. The summed E-state index contributed by atoms with van der Waals surface area (Å²) in [7, 11) is 0. The second kappa shape index (κ2) is 7.51. The van der Waals surface area contributed by atoms with Crippen molar-refractivity contribution in [2.45, 2.75) is 10.6 Å². The third-order valence-electron chi connectivity index (χ3n) is 4.37. The van der Waals surface area contributed by atoms with Crippen molar-refractivity contribution in [1.82, 2.24) is 4.40 Å². The van der Waals surface area contributed by atoms with Gasteiger partial charge in [-0.1, -0.05) is 48.0 Å². The van der Waals surface area contributed by atoms with Crippen molar-refractivity contribution in [3.8, 4) is 11.1 Å². The lowest BCUT2D eigenvalue weighted by molar-refractivity contribution is 0.0700. The fraction of sp³-hybridized carbons (Fsp3) is 0.0455. The Balaban J connectivity index is 1.82. The minimum atomic E-state index is -0.947. The molecule has 0 spiro atoms. The zero-order valence-corrected chi connectivity index (χ0v) is 15.9. The van der Waals surface area contributed by atoms with E-state index in [9.17, 15) is 9.90 Å². The van der Waals surface area contributed by atoms with Crippen LogP contribution in [0.3, 0.4) is 0 Å². The molecule has 4 aromatic rings. The first kappa shape index (κ1) is 17.7. The highest BCUT2D eigenvalue weighted by atomic mass is 35.5. The zero-order chi connectivity index (χ0) is 18.8. The molecule has 0 saturated heterocycles. The standard InChI is InChI=1S/C22H16ClNO2S/c23-16-9-10-20(27-14-15-6-2-1-3-7-15)17(12-16)18-13-24-11-5-4-8-19(24)21(18)22(25)26/h1-13H,14H2,(H,25,26). The molecule has 0 saturated carbocycles. The van der Waals surface area contributed by atoms with E-state index < -0.39 is 5.97 Å². The predicted octanol–water partition coefficient (Wildman–Crippen LogP) is 6.25. The predicted molar refractivity (Wildman–Crippen MR) is 111 cm³/mol. The summed E-state index contributed by atoms with van der Waals surface area (Å²) in [6, 6.07) is 21.4. The van der Waals surface area contributed by atoms with E-state index in [0.717, 1.165) is 16.2 Å². The number of aromatic carboxylic acids is 1. The number of nitrogens with zero attached hydrogens (tertiary/aromatic N) is 1. The van der Waals surface area contributed by atoms with Crippen molar-refractivity contribution < 1.29 is 9.90 Å². The van der Waals surface area contributed by atoms with Crippen LogP contribution in [0.4, 0.5) is 0 Å². The Morgan fingerprint density at radius 2 is 1.78 bits per heavy atom. The molecule has 0 radical (unpaired) electrons. The third-order valence-corrected chi connectivity index (χ3v) is 5.75. The first-order valence-electron chi connectivity index (χ1n) is 8.43. The van der Waals surface area contributed by atoms with Gasteiger partial charge in [-0.05, 0) is 41.5 Å². The molecule has 27 heavy (non-hydrogen) atoms. The summed E-state index contributed by atoms with van der Waals surface area (Å²) in [5.41, 5.74) is 3.68. The van der Waals surface area contributed by atoms with E-state index in [0.29, 0.717) is 21.7 Å². The first-order valence-corrected chi connectivity index (χ1v) is 9.79. The monoisotopic (exact) mass is 393 g/mol. The second-order valence-electron chi connectivity index (χ2n) is 6.13. The summed E-state index contributed by atoms with van der Waals surface area (Å²) in [5.74, 6) is -0.150. The van der Waals surface area contributed by atoms with E-state index in [1.165, 1.54) is 5.56 Å². The van der Waals surface area contributed by atoms with Gasteiger partial charge in [-0.2, -0.15) is 0 Å². The lowest BCUT2D eigenvalue weighted by Crippen LogP contribution is -1.98. The molecular weight excluding hydrogens is 378 g/mol. The van der Waals surface area contributed by atoms with Gasteiger partial charge in [-0.25, -0.2) is 4.79 Å². The van der Waals surface area contributed by atoms with E-state index in [1.807, 2.05) is 71.4 Å². The van der Waals surface area contributed by atoms with Crippen molar-refractivity contribution in [2.75, 3.05) is 0 Å². The molecule has 134 valence electrons. The molecule has 0 aliphatic heterocycles. The van der Waals surface area contributed by atoms with Gasteiger partial charge in [0.25, 0.3) is 0 Å². The minimum Gasteiger partial charge on any atom is -0.478 e. The normalized spacial score (nSPS) is 11.0. The van der Waals surface area contributed by atoms with Crippen LogP contribution in [-0.2, 0) is 5.75 Å². The number of pyridine rings is 1. The van der Waals surface area contributed by atoms with Gasteiger partial charge in [0.05, 0.1) is 11.1 Å². The van der Waals surface area contributed by atoms with Gasteiger partial charge >= 0.3 is 5.97 Å². The van der Waals surface area contributed by atoms with Gasteiger partial charge < -0.3 is 9.51 Å². The molecule has 0 bridgehead atoms. The zero-order valence-electron chi connectivity index (χ0n) is 14.3. The summed E-state index contributed by atoms with van der Waals surface area (Å²) in [5, 5.41) is 10.4. The summed E-state index contributed by atoms with van der Waals surface area (Å²) in [4.78, 5) is 13.0. The summed E-state index contributed by atoms with van der Waals surface area (Å²) >= 11 is 7.92. The molecule has 3 nitrogen and oxygen atoms in total. The SMILES string of the molecule is O=C(O)c1c(-c2cc(Cl)ccc2SCc2ccccc2)cn2ccccc12. The van der Waals surface area contributed by atoms with E-state index in [2.05, 4.69) is 12.1 Å². The fourth-order valence-electron chi connectivity index (χ4n) is 3.12. The fourth-order valence-corrected chi connectivity index (χ4v) is 4.30. The molecule has 0 fully saturated rings. The lowest BCUT2D eigenvalue weighted by atomic mass is 10.0.